The van der Waals surface area contributed by atoms with Crippen LogP contribution in [0.5, 0.6) is 0 Å². The van der Waals surface area contributed by atoms with E-state index in [4.69, 9.17) is 5.73 Å². The highest BCUT2D eigenvalue weighted by Crippen LogP contribution is 2.18. The molecule has 0 spiro atoms. The van der Waals surface area contributed by atoms with Gasteiger partial charge in [-0.1, -0.05) is 6.92 Å². The molecule has 84 valence electrons. The first-order valence-corrected chi connectivity index (χ1v) is 7.14. The number of nitrogens with two attached hydrogens (primary N) is 1. The molecule has 0 aliphatic carbocycles. The van der Waals surface area contributed by atoms with Gasteiger partial charge in [0.2, 0.25) is 0 Å². The third-order valence-electron chi connectivity index (χ3n) is 2.86. The van der Waals surface area contributed by atoms with Gasteiger partial charge in [0, 0.05) is 18.8 Å². The lowest BCUT2D eigenvalue weighted by Gasteiger charge is -2.18. The van der Waals surface area contributed by atoms with Gasteiger partial charge < -0.3 is 10.6 Å². The predicted octanol–water partition coefficient (Wildman–Crippen LogP) is -0.300. The number of rotatable bonds is 4. The van der Waals surface area contributed by atoms with Crippen LogP contribution in [-0.4, -0.2) is 51.0 Å². The molecule has 1 aliphatic rings. The lowest BCUT2D eigenvalue weighted by molar-refractivity contribution is 0.332. The molecule has 2 N–H and O–H groups in total. The highest BCUT2D eigenvalue weighted by molar-refractivity contribution is 7.90. The number of sulfone groups is 1. The van der Waals surface area contributed by atoms with Crippen LogP contribution in [0, 0.1) is 5.92 Å². The Labute approximate surface area is 86.4 Å². The molecule has 1 rings (SSSR count). The van der Waals surface area contributed by atoms with Crippen molar-refractivity contribution in [2.75, 3.05) is 31.6 Å². The van der Waals surface area contributed by atoms with Crippen molar-refractivity contribution in [2.24, 2.45) is 11.7 Å². The van der Waals surface area contributed by atoms with Gasteiger partial charge in [0.1, 0.15) is 9.84 Å². The van der Waals surface area contributed by atoms with Gasteiger partial charge in [0.25, 0.3) is 0 Å². The first kappa shape index (κ1) is 11.9. The molecule has 1 heterocycles. The van der Waals surface area contributed by atoms with Gasteiger partial charge >= 0.3 is 0 Å². The lowest BCUT2D eigenvalue weighted by Crippen LogP contribution is -2.38. The number of nitrogens with zero attached hydrogens (tertiary/aromatic N) is 1. The molecule has 0 aromatic rings. The van der Waals surface area contributed by atoms with E-state index in [1.807, 2.05) is 0 Å². The third kappa shape index (κ3) is 3.55. The highest BCUT2D eigenvalue weighted by Gasteiger charge is 2.28. The maximum absolute atomic E-state index is 11.1. The molecule has 1 aliphatic heterocycles. The number of hydrogen-bond donors (Lipinski definition) is 1. The molecule has 1 fully saturated rings. The maximum Gasteiger partial charge on any atom is 0.148 e. The topological polar surface area (TPSA) is 63.4 Å². The van der Waals surface area contributed by atoms with E-state index in [0.29, 0.717) is 5.92 Å². The highest BCUT2D eigenvalue weighted by atomic mass is 32.2. The molecule has 2 atom stereocenters. The molecule has 0 radical (unpaired) electrons. The van der Waals surface area contributed by atoms with Gasteiger partial charge in [-0.2, -0.15) is 0 Å². The van der Waals surface area contributed by atoms with Crippen LogP contribution in [0.15, 0.2) is 0 Å². The predicted molar refractivity (Wildman–Crippen MR) is 57.9 cm³/mol. The summed E-state index contributed by atoms with van der Waals surface area (Å²) in [6.07, 6.45) is 2.28. The number of likely N-dealkylation sites (tertiary alicyclic amines) is 1. The number of hydrogen-bond acceptors (Lipinski definition) is 4. The van der Waals surface area contributed by atoms with E-state index in [2.05, 4.69) is 11.8 Å². The molecular formula is C9H20N2O2S. The Morgan fingerprint density at radius 3 is 2.64 bits per heavy atom. The fourth-order valence-electron chi connectivity index (χ4n) is 1.98. The average Bonchev–Trinajstić information content (AvgIpc) is 2.48. The molecular weight excluding hydrogens is 200 g/mol. The van der Waals surface area contributed by atoms with E-state index in [1.165, 1.54) is 6.26 Å². The van der Waals surface area contributed by atoms with Crippen molar-refractivity contribution in [1.29, 1.82) is 0 Å². The van der Waals surface area contributed by atoms with E-state index >= 15 is 0 Å². The Kier molecular flexibility index (Phi) is 3.92. The lowest BCUT2D eigenvalue weighted by atomic mass is 10.0. The molecule has 0 aromatic carbocycles. The monoisotopic (exact) mass is 220 g/mol. The zero-order valence-electron chi connectivity index (χ0n) is 8.94. The minimum atomic E-state index is -2.93. The van der Waals surface area contributed by atoms with Crippen molar-refractivity contribution in [3.8, 4) is 0 Å². The summed E-state index contributed by atoms with van der Waals surface area (Å²) in [7, 11) is -2.93. The fraction of sp³-hybridized carbons (Fsp3) is 1.00. The van der Waals surface area contributed by atoms with Crippen LogP contribution in [0.25, 0.3) is 0 Å². The molecule has 1 saturated heterocycles. The Morgan fingerprint density at radius 1 is 1.57 bits per heavy atom. The van der Waals surface area contributed by atoms with E-state index in [0.717, 1.165) is 26.1 Å². The Morgan fingerprint density at radius 2 is 2.21 bits per heavy atom. The minimum Gasteiger partial charge on any atom is -0.326 e. The summed E-state index contributed by atoms with van der Waals surface area (Å²) in [6.45, 7) is 5.15. The SMILES string of the molecule is CCN1CCC(C(N)CS(C)(=O)=O)C1. The normalized spacial score (nSPS) is 26.6. The van der Waals surface area contributed by atoms with Crippen LogP contribution in [0.1, 0.15) is 13.3 Å². The minimum absolute atomic E-state index is 0.120. The average molecular weight is 220 g/mol. The summed E-state index contributed by atoms with van der Waals surface area (Å²) in [5.41, 5.74) is 5.88. The summed E-state index contributed by atoms with van der Waals surface area (Å²) in [6, 6.07) is -0.193. The van der Waals surface area contributed by atoms with Crippen LogP contribution in [0.4, 0.5) is 0 Å². The van der Waals surface area contributed by atoms with E-state index in [9.17, 15) is 8.42 Å². The summed E-state index contributed by atoms with van der Waals surface area (Å²) in [5.74, 6) is 0.472. The molecule has 4 nitrogen and oxygen atoms in total. The van der Waals surface area contributed by atoms with Crippen LogP contribution < -0.4 is 5.73 Å². The first-order valence-electron chi connectivity index (χ1n) is 5.08. The van der Waals surface area contributed by atoms with Gasteiger partial charge in [-0.25, -0.2) is 8.42 Å². The quantitative estimate of drug-likeness (QED) is 0.706. The summed E-state index contributed by atoms with van der Waals surface area (Å²) in [5, 5.41) is 0. The molecule has 0 bridgehead atoms. The third-order valence-corrected chi connectivity index (χ3v) is 3.85. The van der Waals surface area contributed by atoms with Gasteiger partial charge in [-0.05, 0) is 25.4 Å². The van der Waals surface area contributed by atoms with Crippen molar-refractivity contribution in [1.82, 2.24) is 4.90 Å². The van der Waals surface area contributed by atoms with Gasteiger partial charge in [-0.3, -0.25) is 0 Å². The van der Waals surface area contributed by atoms with Crippen molar-refractivity contribution in [3.05, 3.63) is 0 Å². The largest absolute Gasteiger partial charge is 0.326 e. The second kappa shape index (κ2) is 4.59. The second-order valence-corrected chi connectivity index (χ2v) is 6.38. The van der Waals surface area contributed by atoms with Gasteiger partial charge in [0.05, 0.1) is 5.75 Å². The van der Waals surface area contributed by atoms with Crippen molar-refractivity contribution in [2.45, 2.75) is 19.4 Å². The zero-order chi connectivity index (χ0) is 10.8. The Balaban J connectivity index is 2.43. The van der Waals surface area contributed by atoms with E-state index < -0.39 is 9.84 Å². The standard InChI is InChI=1S/C9H20N2O2S/c1-3-11-5-4-8(6-11)9(10)7-14(2,12)13/h8-9H,3-7,10H2,1-2H3. The summed E-state index contributed by atoms with van der Waals surface area (Å²) >= 11 is 0. The summed E-state index contributed by atoms with van der Waals surface area (Å²) < 4.78 is 22.1. The first-order chi connectivity index (χ1) is 6.42. The zero-order valence-corrected chi connectivity index (χ0v) is 9.76. The molecule has 14 heavy (non-hydrogen) atoms. The van der Waals surface area contributed by atoms with Crippen molar-refractivity contribution >= 4 is 9.84 Å². The van der Waals surface area contributed by atoms with Crippen LogP contribution in [-0.2, 0) is 9.84 Å². The van der Waals surface area contributed by atoms with Crippen LogP contribution in [0.2, 0.25) is 0 Å². The van der Waals surface area contributed by atoms with Crippen molar-refractivity contribution in [3.63, 3.8) is 0 Å². The second-order valence-electron chi connectivity index (χ2n) is 4.20. The smallest absolute Gasteiger partial charge is 0.148 e. The van der Waals surface area contributed by atoms with Crippen LogP contribution >= 0.6 is 0 Å². The molecule has 0 saturated carbocycles. The summed E-state index contributed by atoms with van der Waals surface area (Å²) in [4.78, 5) is 2.31. The molecule has 2 unspecified atom stereocenters. The Bertz CT molecular complexity index is 277. The van der Waals surface area contributed by atoms with Gasteiger partial charge in [0.15, 0.2) is 0 Å². The fourth-order valence-corrected chi connectivity index (χ4v) is 2.96. The van der Waals surface area contributed by atoms with E-state index in [1.54, 1.807) is 0 Å². The van der Waals surface area contributed by atoms with Gasteiger partial charge in [-0.15, -0.1) is 0 Å². The maximum atomic E-state index is 11.1. The van der Waals surface area contributed by atoms with Crippen LogP contribution in [0.3, 0.4) is 0 Å². The van der Waals surface area contributed by atoms with E-state index in [-0.39, 0.29) is 11.8 Å². The van der Waals surface area contributed by atoms with Crippen molar-refractivity contribution < 1.29 is 8.42 Å². The molecule has 0 aromatic heterocycles. The molecule has 5 heteroatoms. The molecule has 0 amide bonds. The Hall–Kier alpha value is -0.130.